The zero-order chi connectivity index (χ0) is 14.0. The van der Waals surface area contributed by atoms with Crippen molar-refractivity contribution in [3.8, 4) is 0 Å². The van der Waals surface area contributed by atoms with Crippen LogP contribution in [0.5, 0.6) is 0 Å². The first-order valence-electron chi connectivity index (χ1n) is 5.61. The molecule has 0 aromatic carbocycles. The molecule has 0 aromatic rings. The van der Waals surface area contributed by atoms with Gasteiger partial charge in [-0.05, 0) is 24.8 Å². The molecule has 7 nitrogen and oxygen atoms in total. The van der Waals surface area contributed by atoms with Gasteiger partial charge in [-0.15, -0.1) is 0 Å². The molecular weight excluding hydrogens is 258 g/mol. The lowest BCUT2D eigenvalue weighted by Crippen LogP contribution is -2.40. The quantitative estimate of drug-likeness (QED) is 0.211. The average molecular weight is 277 g/mol. The average Bonchev–Trinajstić information content (AvgIpc) is 2.26. The molecule has 0 radical (unpaired) electrons. The van der Waals surface area contributed by atoms with Crippen LogP contribution in [-0.2, 0) is 9.59 Å². The van der Waals surface area contributed by atoms with Crippen LogP contribution in [0.4, 0.5) is 0 Å². The van der Waals surface area contributed by atoms with E-state index in [1.54, 1.807) is 0 Å². The molecule has 0 aliphatic heterocycles. The fourth-order valence-corrected chi connectivity index (χ4v) is 1.70. The fraction of sp³-hybridized carbons (Fsp3) is 0.700. The number of carboxylic acids is 2. The van der Waals surface area contributed by atoms with E-state index in [1.807, 2.05) is 6.92 Å². The minimum absolute atomic E-state index is 0.0175. The lowest BCUT2D eigenvalue weighted by molar-refractivity contribution is -0.138. The van der Waals surface area contributed by atoms with Gasteiger partial charge in [-0.2, -0.15) is 4.40 Å². The summed E-state index contributed by atoms with van der Waals surface area (Å²) >= 11 is 1.16. The molecule has 8 heteroatoms. The molecule has 1 atom stereocenters. The third-order valence-corrected chi connectivity index (χ3v) is 2.85. The Hall–Kier alpha value is -1.44. The van der Waals surface area contributed by atoms with Crippen LogP contribution >= 0.6 is 11.9 Å². The number of rotatable bonds is 9. The van der Waals surface area contributed by atoms with Crippen LogP contribution in [-0.4, -0.2) is 39.9 Å². The Kier molecular flexibility index (Phi) is 8.81. The standard InChI is InChI=1S/C10H19N3O4S/c1-2-7(6-9(16)17)12-10(11)13-18-5-3-4-8(14)15/h7H,2-6H2,1H3,(H,14,15)(H,16,17)(H3,11,12,13). The van der Waals surface area contributed by atoms with Crippen molar-refractivity contribution in [3.63, 3.8) is 0 Å². The predicted molar refractivity (Wildman–Crippen MR) is 70.4 cm³/mol. The van der Waals surface area contributed by atoms with Crippen LogP contribution in [0.15, 0.2) is 4.40 Å². The third-order valence-electron chi connectivity index (χ3n) is 2.05. The van der Waals surface area contributed by atoms with Gasteiger partial charge in [0.2, 0.25) is 5.96 Å². The molecular formula is C10H19N3O4S. The number of hydrogen-bond donors (Lipinski definition) is 4. The van der Waals surface area contributed by atoms with Crippen LogP contribution < -0.4 is 11.1 Å². The Bertz CT molecular complexity index is 309. The summed E-state index contributed by atoms with van der Waals surface area (Å²) < 4.78 is 3.93. The van der Waals surface area contributed by atoms with Crippen molar-refractivity contribution in [1.29, 1.82) is 0 Å². The molecule has 0 fully saturated rings. The first kappa shape index (κ1) is 16.6. The van der Waals surface area contributed by atoms with Gasteiger partial charge in [0.15, 0.2) is 0 Å². The van der Waals surface area contributed by atoms with E-state index >= 15 is 0 Å². The minimum Gasteiger partial charge on any atom is -0.481 e. The van der Waals surface area contributed by atoms with Gasteiger partial charge < -0.3 is 21.3 Å². The number of carboxylic acid groups (broad SMARTS) is 2. The molecule has 0 spiro atoms. The van der Waals surface area contributed by atoms with Crippen molar-refractivity contribution < 1.29 is 19.8 Å². The summed E-state index contributed by atoms with van der Waals surface area (Å²) in [7, 11) is 0. The van der Waals surface area contributed by atoms with E-state index in [0.717, 1.165) is 11.9 Å². The lowest BCUT2D eigenvalue weighted by atomic mass is 10.1. The Labute approximate surface area is 110 Å². The molecule has 0 aliphatic rings. The molecule has 0 aromatic heterocycles. The third kappa shape index (κ3) is 9.76. The number of guanidine groups is 1. The first-order valence-corrected chi connectivity index (χ1v) is 6.55. The van der Waals surface area contributed by atoms with E-state index in [4.69, 9.17) is 15.9 Å². The molecule has 104 valence electrons. The van der Waals surface area contributed by atoms with E-state index in [0.29, 0.717) is 18.6 Å². The summed E-state index contributed by atoms with van der Waals surface area (Å²) in [6.45, 7) is 1.86. The zero-order valence-corrected chi connectivity index (χ0v) is 11.1. The van der Waals surface area contributed by atoms with Crippen molar-refractivity contribution in [2.45, 2.75) is 38.6 Å². The lowest BCUT2D eigenvalue weighted by Gasteiger charge is -2.14. The molecule has 5 N–H and O–H groups in total. The highest BCUT2D eigenvalue weighted by atomic mass is 32.2. The number of carbonyl (C=O) groups is 2. The Morgan fingerprint density at radius 3 is 2.56 bits per heavy atom. The summed E-state index contributed by atoms with van der Waals surface area (Å²) in [5.41, 5.74) is 5.58. The maximum absolute atomic E-state index is 10.5. The van der Waals surface area contributed by atoms with Crippen molar-refractivity contribution >= 4 is 29.8 Å². The molecule has 0 rings (SSSR count). The van der Waals surface area contributed by atoms with Gasteiger partial charge in [0.25, 0.3) is 0 Å². The first-order chi connectivity index (χ1) is 8.45. The molecule has 0 heterocycles. The second kappa shape index (κ2) is 9.58. The smallest absolute Gasteiger partial charge is 0.305 e. The van der Waals surface area contributed by atoms with Crippen molar-refractivity contribution in [2.24, 2.45) is 10.1 Å². The van der Waals surface area contributed by atoms with Crippen molar-refractivity contribution in [3.05, 3.63) is 0 Å². The van der Waals surface area contributed by atoms with Crippen LogP contribution in [0.3, 0.4) is 0 Å². The number of nitrogens with zero attached hydrogens (tertiary/aromatic N) is 1. The normalized spacial score (nSPS) is 13.1. The largest absolute Gasteiger partial charge is 0.481 e. The number of aliphatic carboxylic acids is 2. The van der Waals surface area contributed by atoms with Gasteiger partial charge in [0, 0.05) is 18.2 Å². The number of nitrogens with one attached hydrogen (secondary N) is 1. The van der Waals surface area contributed by atoms with Gasteiger partial charge in [-0.3, -0.25) is 9.59 Å². The Morgan fingerprint density at radius 1 is 1.39 bits per heavy atom. The highest BCUT2D eigenvalue weighted by Gasteiger charge is 2.11. The monoisotopic (exact) mass is 277 g/mol. The summed E-state index contributed by atoms with van der Waals surface area (Å²) in [5, 5.41) is 19.9. The Balaban J connectivity index is 3.87. The maximum atomic E-state index is 10.5. The van der Waals surface area contributed by atoms with Gasteiger partial charge in [-0.25, -0.2) is 0 Å². The topological polar surface area (TPSA) is 125 Å². The summed E-state index contributed by atoms with van der Waals surface area (Å²) in [5.74, 6) is -0.998. The van der Waals surface area contributed by atoms with Crippen molar-refractivity contribution in [2.75, 3.05) is 5.75 Å². The van der Waals surface area contributed by atoms with E-state index in [2.05, 4.69) is 9.71 Å². The summed E-state index contributed by atoms with van der Waals surface area (Å²) in [4.78, 5) is 20.8. The zero-order valence-electron chi connectivity index (χ0n) is 10.3. The highest BCUT2D eigenvalue weighted by molar-refractivity contribution is 7.98. The minimum atomic E-state index is -0.892. The van der Waals surface area contributed by atoms with E-state index in [9.17, 15) is 9.59 Å². The van der Waals surface area contributed by atoms with Gasteiger partial charge >= 0.3 is 11.9 Å². The van der Waals surface area contributed by atoms with E-state index < -0.39 is 11.9 Å². The summed E-state index contributed by atoms with van der Waals surface area (Å²) in [6, 6.07) is -0.245. The molecule has 18 heavy (non-hydrogen) atoms. The number of nitrogens with two attached hydrogens (primary N) is 1. The summed E-state index contributed by atoms with van der Waals surface area (Å²) in [6.07, 6.45) is 1.23. The van der Waals surface area contributed by atoms with Gasteiger partial charge in [0.05, 0.1) is 6.42 Å². The molecule has 1 unspecified atom stereocenters. The van der Waals surface area contributed by atoms with Crippen LogP contribution in [0.1, 0.15) is 32.6 Å². The molecule has 0 amide bonds. The second-order valence-electron chi connectivity index (χ2n) is 3.65. The fourth-order valence-electron chi connectivity index (χ4n) is 1.15. The van der Waals surface area contributed by atoms with Crippen LogP contribution in [0, 0.1) is 0 Å². The van der Waals surface area contributed by atoms with Crippen LogP contribution in [0.25, 0.3) is 0 Å². The van der Waals surface area contributed by atoms with Gasteiger partial charge in [0.1, 0.15) is 0 Å². The maximum Gasteiger partial charge on any atom is 0.305 e. The highest BCUT2D eigenvalue weighted by Crippen LogP contribution is 2.06. The van der Waals surface area contributed by atoms with Crippen molar-refractivity contribution in [1.82, 2.24) is 5.32 Å². The molecule has 0 saturated carbocycles. The molecule has 0 bridgehead atoms. The van der Waals surface area contributed by atoms with Crippen LogP contribution in [0.2, 0.25) is 0 Å². The number of hydrogen-bond acceptors (Lipinski definition) is 4. The molecule has 0 saturated heterocycles. The SMILES string of the molecule is CCC(CC(=O)O)N/C(N)=N/SCCCC(=O)O. The Morgan fingerprint density at radius 2 is 2.06 bits per heavy atom. The van der Waals surface area contributed by atoms with E-state index in [-0.39, 0.29) is 24.8 Å². The molecule has 0 aliphatic carbocycles. The van der Waals surface area contributed by atoms with Gasteiger partial charge in [-0.1, -0.05) is 6.92 Å². The second-order valence-corrected chi connectivity index (χ2v) is 4.50. The predicted octanol–water partition coefficient (Wildman–Crippen LogP) is 0.657. The van der Waals surface area contributed by atoms with E-state index in [1.165, 1.54) is 0 Å².